The summed E-state index contributed by atoms with van der Waals surface area (Å²) in [4.78, 5) is 9.32. The van der Waals surface area contributed by atoms with Crippen LogP contribution in [0, 0.1) is 0 Å². The summed E-state index contributed by atoms with van der Waals surface area (Å²) in [6.45, 7) is 3.24. The number of hydrogen-bond acceptors (Lipinski definition) is 5. The van der Waals surface area contributed by atoms with E-state index in [2.05, 4.69) is 27.5 Å². The largest absolute Gasteiger partial charge is 0.394 e. The Bertz CT molecular complexity index is 481. The molecule has 0 radical (unpaired) electrons. The molecule has 0 atom stereocenters. The number of aliphatic hydroxyl groups is 1. The van der Waals surface area contributed by atoms with E-state index in [1.54, 1.807) is 0 Å². The summed E-state index contributed by atoms with van der Waals surface area (Å²) < 4.78 is 0. The summed E-state index contributed by atoms with van der Waals surface area (Å²) in [5.74, 6) is 3.25. The van der Waals surface area contributed by atoms with Crippen molar-refractivity contribution in [3.8, 4) is 0 Å². The van der Waals surface area contributed by atoms with Gasteiger partial charge in [0.15, 0.2) is 0 Å². The molecule has 0 aromatic carbocycles. The van der Waals surface area contributed by atoms with E-state index in [0.717, 1.165) is 43.3 Å². The van der Waals surface area contributed by atoms with Gasteiger partial charge in [-0.15, -0.1) is 0 Å². The van der Waals surface area contributed by atoms with Gasteiger partial charge in [-0.25, -0.2) is 9.97 Å². The minimum Gasteiger partial charge on any atom is -0.394 e. The zero-order valence-corrected chi connectivity index (χ0v) is 12.9. The second-order valence-electron chi connectivity index (χ2n) is 6.47. The molecule has 0 saturated heterocycles. The van der Waals surface area contributed by atoms with E-state index in [0.29, 0.717) is 5.92 Å². The number of rotatable bonds is 7. The van der Waals surface area contributed by atoms with E-state index < -0.39 is 0 Å². The molecule has 1 heterocycles. The predicted molar refractivity (Wildman–Crippen MR) is 84.7 cm³/mol. The highest BCUT2D eigenvalue weighted by Gasteiger charge is 2.34. The van der Waals surface area contributed by atoms with Gasteiger partial charge in [-0.05, 0) is 32.1 Å². The SMILES string of the molecule is CCCNc1cc(NC2(CO)CCCC2)nc(C2CC2)n1. The molecule has 0 bridgehead atoms. The maximum absolute atomic E-state index is 9.76. The minimum absolute atomic E-state index is 0.174. The summed E-state index contributed by atoms with van der Waals surface area (Å²) >= 11 is 0. The van der Waals surface area contributed by atoms with Crippen molar-refractivity contribution >= 4 is 11.6 Å². The summed E-state index contributed by atoms with van der Waals surface area (Å²) in [5.41, 5.74) is -0.183. The van der Waals surface area contributed by atoms with Crippen molar-refractivity contribution in [3.05, 3.63) is 11.9 Å². The first-order valence-corrected chi connectivity index (χ1v) is 8.26. The smallest absolute Gasteiger partial charge is 0.136 e. The van der Waals surface area contributed by atoms with Gasteiger partial charge in [-0.3, -0.25) is 0 Å². The molecule has 0 amide bonds. The van der Waals surface area contributed by atoms with Gasteiger partial charge in [-0.2, -0.15) is 0 Å². The van der Waals surface area contributed by atoms with Gasteiger partial charge in [-0.1, -0.05) is 19.8 Å². The summed E-state index contributed by atoms with van der Waals surface area (Å²) in [6, 6.07) is 1.98. The van der Waals surface area contributed by atoms with Crippen molar-refractivity contribution in [1.29, 1.82) is 0 Å². The van der Waals surface area contributed by atoms with E-state index in [1.807, 2.05) is 6.07 Å². The molecule has 116 valence electrons. The van der Waals surface area contributed by atoms with Gasteiger partial charge in [0.25, 0.3) is 0 Å². The van der Waals surface area contributed by atoms with Crippen LogP contribution in [0.25, 0.3) is 0 Å². The first-order chi connectivity index (χ1) is 10.2. The Hall–Kier alpha value is -1.36. The van der Waals surface area contributed by atoms with E-state index in [1.165, 1.54) is 25.7 Å². The fourth-order valence-corrected chi connectivity index (χ4v) is 3.04. The molecule has 0 aliphatic heterocycles. The number of hydrogen-bond donors (Lipinski definition) is 3. The van der Waals surface area contributed by atoms with Crippen molar-refractivity contribution in [3.63, 3.8) is 0 Å². The van der Waals surface area contributed by atoms with Crippen LogP contribution < -0.4 is 10.6 Å². The topological polar surface area (TPSA) is 70.1 Å². The van der Waals surface area contributed by atoms with Crippen LogP contribution in [0.1, 0.15) is 63.6 Å². The molecule has 1 aromatic heterocycles. The number of aromatic nitrogens is 2. The predicted octanol–water partition coefficient (Wildman–Crippen LogP) is 2.89. The lowest BCUT2D eigenvalue weighted by atomic mass is 9.99. The highest BCUT2D eigenvalue weighted by atomic mass is 16.3. The number of aliphatic hydroxyl groups excluding tert-OH is 1. The Kier molecular flexibility index (Phi) is 4.29. The zero-order chi connectivity index (χ0) is 14.7. The van der Waals surface area contributed by atoms with Crippen LogP contribution in [0.2, 0.25) is 0 Å². The second-order valence-corrected chi connectivity index (χ2v) is 6.47. The summed E-state index contributed by atoms with van der Waals surface area (Å²) in [7, 11) is 0. The van der Waals surface area contributed by atoms with E-state index in [-0.39, 0.29) is 12.1 Å². The lowest BCUT2D eigenvalue weighted by Crippen LogP contribution is -2.39. The van der Waals surface area contributed by atoms with Crippen LogP contribution in [-0.4, -0.2) is 33.8 Å². The fraction of sp³-hybridized carbons (Fsp3) is 0.750. The van der Waals surface area contributed by atoms with Gasteiger partial charge in [0.05, 0.1) is 12.1 Å². The van der Waals surface area contributed by atoms with E-state index in [9.17, 15) is 5.11 Å². The van der Waals surface area contributed by atoms with Gasteiger partial charge in [0, 0.05) is 18.5 Å². The standard InChI is InChI=1S/C16H26N4O/c1-2-9-17-13-10-14(19-15(18-13)12-5-6-12)20-16(11-21)7-3-4-8-16/h10,12,21H,2-9,11H2,1H3,(H2,17,18,19,20). The van der Waals surface area contributed by atoms with Crippen molar-refractivity contribution in [2.75, 3.05) is 23.8 Å². The van der Waals surface area contributed by atoms with Gasteiger partial charge >= 0.3 is 0 Å². The van der Waals surface area contributed by atoms with Crippen LogP contribution in [0.3, 0.4) is 0 Å². The Morgan fingerprint density at radius 2 is 1.95 bits per heavy atom. The van der Waals surface area contributed by atoms with E-state index >= 15 is 0 Å². The molecule has 2 aliphatic rings. The highest BCUT2D eigenvalue weighted by Crippen LogP contribution is 2.39. The quantitative estimate of drug-likeness (QED) is 0.720. The Morgan fingerprint density at radius 3 is 2.57 bits per heavy atom. The molecular formula is C16H26N4O. The van der Waals surface area contributed by atoms with Crippen LogP contribution in [0.15, 0.2) is 6.07 Å². The maximum Gasteiger partial charge on any atom is 0.136 e. The van der Waals surface area contributed by atoms with Gasteiger partial charge < -0.3 is 15.7 Å². The van der Waals surface area contributed by atoms with E-state index in [4.69, 9.17) is 0 Å². The molecule has 1 aromatic rings. The molecule has 21 heavy (non-hydrogen) atoms. The molecule has 2 fully saturated rings. The van der Waals surface area contributed by atoms with Crippen molar-refractivity contribution < 1.29 is 5.11 Å². The number of anilines is 2. The molecule has 3 rings (SSSR count). The highest BCUT2D eigenvalue weighted by molar-refractivity contribution is 5.50. The maximum atomic E-state index is 9.76. The van der Waals surface area contributed by atoms with Crippen LogP contribution >= 0.6 is 0 Å². The molecule has 5 nitrogen and oxygen atoms in total. The number of nitrogens with zero attached hydrogens (tertiary/aromatic N) is 2. The monoisotopic (exact) mass is 290 g/mol. The first-order valence-electron chi connectivity index (χ1n) is 8.26. The van der Waals surface area contributed by atoms with Gasteiger partial charge in [0.2, 0.25) is 0 Å². The summed E-state index contributed by atoms with van der Waals surface area (Å²) in [6.07, 6.45) is 7.86. The second kappa shape index (κ2) is 6.18. The van der Waals surface area contributed by atoms with Gasteiger partial charge in [0.1, 0.15) is 17.5 Å². The molecule has 0 unspecified atom stereocenters. The third-order valence-electron chi connectivity index (χ3n) is 4.50. The average molecular weight is 290 g/mol. The molecule has 3 N–H and O–H groups in total. The Balaban J connectivity index is 1.80. The lowest BCUT2D eigenvalue weighted by molar-refractivity contribution is 0.214. The molecular weight excluding hydrogens is 264 g/mol. The zero-order valence-electron chi connectivity index (χ0n) is 12.9. The Morgan fingerprint density at radius 1 is 1.24 bits per heavy atom. The van der Waals surface area contributed by atoms with Crippen LogP contribution in [-0.2, 0) is 0 Å². The summed E-state index contributed by atoms with van der Waals surface area (Å²) in [5, 5.41) is 16.6. The van der Waals surface area contributed by atoms with Crippen molar-refractivity contribution in [2.24, 2.45) is 0 Å². The minimum atomic E-state index is -0.183. The molecule has 5 heteroatoms. The molecule has 2 aliphatic carbocycles. The van der Waals surface area contributed by atoms with Crippen LogP contribution in [0.4, 0.5) is 11.6 Å². The molecule has 2 saturated carbocycles. The normalized spacial score (nSPS) is 20.5. The lowest BCUT2D eigenvalue weighted by Gasteiger charge is -2.29. The third-order valence-corrected chi connectivity index (χ3v) is 4.50. The van der Waals surface area contributed by atoms with Crippen LogP contribution in [0.5, 0.6) is 0 Å². The van der Waals surface area contributed by atoms with Crippen molar-refractivity contribution in [1.82, 2.24) is 9.97 Å². The molecule has 0 spiro atoms. The Labute approximate surface area is 126 Å². The third kappa shape index (κ3) is 3.46. The number of nitrogens with one attached hydrogen (secondary N) is 2. The fourth-order valence-electron chi connectivity index (χ4n) is 3.04. The first kappa shape index (κ1) is 14.6. The average Bonchev–Trinajstić information content (AvgIpc) is 3.26. The van der Waals surface area contributed by atoms with Crippen molar-refractivity contribution in [2.45, 2.75) is 63.3 Å².